The van der Waals surface area contributed by atoms with E-state index >= 15 is 0 Å². The zero-order valence-corrected chi connectivity index (χ0v) is 10.4. The number of nitrogens with zero attached hydrogens (tertiary/aromatic N) is 2. The largest absolute Gasteiger partial charge is 0.508 e. The van der Waals surface area contributed by atoms with E-state index in [0.717, 1.165) is 6.42 Å². The van der Waals surface area contributed by atoms with Crippen LogP contribution in [0.1, 0.15) is 13.3 Å². The van der Waals surface area contributed by atoms with Gasteiger partial charge in [0.25, 0.3) is 0 Å². The summed E-state index contributed by atoms with van der Waals surface area (Å²) in [6.07, 6.45) is 4.21. The Morgan fingerprint density at radius 2 is 1.95 bits per heavy atom. The van der Waals surface area contributed by atoms with Gasteiger partial charge in [-0.25, -0.2) is 4.79 Å². The highest BCUT2D eigenvalue weighted by Gasteiger charge is 2.18. The maximum atomic E-state index is 11.1. The molecule has 1 unspecified atom stereocenters. The van der Waals surface area contributed by atoms with Crippen LogP contribution in [-0.2, 0) is 4.79 Å². The van der Waals surface area contributed by atoms with E-state index in [0.29, 0.717) is 11.4 Å². The summed E-state index contributed by atoms with van der Waals surface area (Å²) in [5.41, 5.74) is 1.11. The number of benzene rings is 1. The average Bonchev–Trinajstić information content (AvgIpc) is 2.39. The third kappa shape index (κ3) is 3.28. The molecule has 19 heavy (non-hydrogen) atoms. The minimum absolute atomic E-state index is 0.149. The smallest absolute Gasteiger partial charge is 0.337 e. The molecule has 0 heterocycles. The van der Waals surface area contributed by atoms with Gasteiger partial charge in [-0.1, -0.05) is 19.1 Å². The number of carboxylic acid groups (broad SMARTS) is 1. The number of hydrogen-bond donors (Lipinski definition) is 2. The molecule has 1 atom stereocenters. The van der Waals surface area contributed by atoms with Gasteiger partial charge in [0.1, 0.15) is 5.75 Å². The molecular weight excluding hydrogens is 244 g/mol. The highest BCUT2D eigenvalue weighted by atomic mass is 16.4. The first-order valence-electron chi connectivity index (χ1n) is 5.92. The second-order valence-corrected chi connectivity index (χ2v) is 4.40. The Morgan fingerprint density at radius 3 is 2.58 bits per heavy atom. The topological polar surface area (TPSA) is 82.2 Å². The van der Waals surface area contributed by atoms with Crippen LogP contribution in [0.15, 0.2) is 57.9 Å². The van der Waals surface area contributed by atoms with Gasteiger partial charge < -0.3 is 10.2 Å². The Hall–Kier alpha value is -2.43. The highest BCUT2D eigenvalue weighted by Crippen LogP contribution is 2.26. The van der Waals surface area contributed by atoms with E-state index in [1.54, 1.807) is 24.3 Å². The van der Waals surface area contributed by atoms with Crippen LogP contribution in [0.4, 0.5) is 5.69 Å². The summed E-state index contributed by atoms with van der Waals surface area (Å²) in [6, 6.07) is 6.21. The third-order valence-electron chi connectivity index (χ3n) is 2.76. The molecule has 0 aromatic heterocycles. The molecule has 1 aromatic carbocycles. The predicted octanol–water partition coefficient (Wildman–Crippen LogP) is 3.41. The van der Waals surface area contributed by atoms with Gasteiger partial charge in [-0.15, -0.1) is 0 Å². The lowest BCUT2D eigenvalue weighted by molar-refractivity contribution is -0.132. The number of azo groups is 1. The van der Waals surface area contributed by atoms with Gasteiger partial charge in [-0.2, -0.15) is 10.2 Å². The van der Waals surface area contributed by atoms with Crippen LogP contribution in [0.2, 0.25) is 0 Å². The lowest BCUT2D eigenvalue weighted by Gasteiger charge is -2.12. The lowest BCUT2D eigenvalue weighted by atomic mass is 9.96. The van der Waals surface area contributed by atoms with E-state index in [1.165, 1.54) is 12.1 Å². The number of allylic oxidation sites excluding steroid dienone is 2. The fourth-order valence-electron chi connectivity index (χ4n) is 1.75. The summed E-state index contributed by atoms with van der Waals surface area (Å²) >= 11 is 0. The van der Waals surface area contributed by atoms with Crippen molar-refractivity contribution in [2.24, 2.45) is 16.1 Å². The summed E-state index contributed by atoms with van der Waals surface area (Å²) in [6.45, 7) is 1.95. The molecule has 0 spiro atoms. The molecule has 0 saturated carbocycles. The SMILES string of the molecule is CC1C=C(C(=O)O)C(N=Nc2ccc(O)cc2)=CC1. The second-order valence-electron chi connectivity index (χ2n) is 4.40. The van der Waals surface area contributed by atoms with Gasteiger partial charge in [0.05, 0.1) is 17.0 Å². The molecule has 1 aliphatic carbocycles. The Morgan fingerprint density at radius 1 is 1.26 bits per heavy atom. The molecule has 0 bridgehead atoms. The molecule has 0 radical (unpaired) electrons. The van der Waals surface area contributed by atoms with E-state index in [4.69, 9.17) is 10.2 Å². The van der Waals surface area contributed by atoms with Crippen LogP contribution < -0.4 is 0 Å². The first-order chi connectivity index (χ1) is 9.06. The van der Waals surface area contributed by atoms with E-state index in [2.05, 4.69) is 10.2 Å². The van der Waals surface area contributed by atoms with Crippen molar-refractivity contribution in [1.29, 1.82) is 0 Å². The summed E-state index contributed by atoms with van der Waals surface area (Å²) in [5, 5.41) is 26.2. The monoisotopic (exact) mass is 258 g/mol. The van der Waals surface area contributed by atoms with Crippen molar-refractivity contribution in [3.63, 3.8) is 0 Å². The molecule has 1 aliphatic rings. The molecule has 2 N–H and O–H groups in total. The molecule has 5 nitrogen and oxygen atoms in total. The molecule has 0 fully saturated rings. The van der Waals surface area contributed by atoms with Crippen LogP contribution in [0.5, 0.6) is 5.75 Å². The van der Waals surface area contributed by atoms with Crippen LogP contribution in [0, 0.1) is 5.92 Å². The van der Waals surface area contributed by atoms with E-state index < -0.39 is 5.97 Å². The number of carbonyl (C=O) groups is 1. The van der Waals surface area contributed by atoms with Crippen LogP contribution in [-0.4, -0.2) is 16.2 Å². The van der Waals surface area contributed by atoms with Crippen LogP contribution in [0.25, 0.3) is 0 Å². The summed E-state index contributed by atoms with van der Waals surface area (Å²) in [4.78, 5) is 11.1. The van der Waals surface area contributed by atoms with Crippen LogP contribution >= 0.6 is 0 Å². The summed E-state index contributed by atoms with van der Waals surface area (Å²) < 4.78 is 0. The van der Waals surface area contributed by atoms with Crippen molar-refractivity contribution in [2.75, 3.05) is 0 Å². The van der Waals surface area contributed by atoms with E-state index in [1.807, 2.05) is 6.92 Å². The first kappa shape index (κ1) is 13.0. The van der Waals surface area contributed by atoms with E-state index in [-0.39, 0.29) is 17.2 Å². The van der Waals surface area contributed by atoms with Crippen molar-refractivity contribution < 1.29 is 15.0 Å². The fourth-order valence-corrected chi connectivity index (χ4v) is 1.75. The molecule has 0 amide bonds. The molecule has 5 heteroatoms. The molecule has 0 aliphatic heterocycles. The Balaban J connectivity index is 2.20. The third-order valence-corrected chi connectivity index (χ3v) is 2.76. The van der Waals surface area contributed by atoms with Crippen LogP contribution in [0.3, 0.4) is 0 Å². The number of carboxylic acids is 1. The number of phenols is 1. The number of rotatable bonds is 3. The quantitative estimate of drug-likeness (QED) is 0.815. The van der Waals surface area contributed by atoms with Crippen molar-refractivity contribution in [3.8, 4) is 5.75 Å². The van der Waals surface area contributed by atoms with E-state index in [9.17, 15) is 4.79 Å². The normalized spacial score (nSPS) is 19.1. The van der Waals surface area contributed by atoms with Crippen molar-refractivity contribution in [3.05, 3.63) is 47.7 Å². The Labute approximate surface area is 110 Å². The molecular formula is C14H14N2O3. The zero-order chi connectivity index (χ0) is 13.8. The van der Waals surface area contributed by atoms with Gasteiger partial charge in [0, 0.05) is 0 Å². The van der Waals surface area contributed by atoms with Crippen molar-refractivity contribution >= 4 is 11.7 Å². The van der Waals surface area contributed by atoms with Gasteiger partial charge in [0.2, 0.25) is 0 Å². The minimum atomic E-state index is -0.998. The maximum absolute atomic E-state index is 11.1. The second kappa shape index (κ2) is 5.48. The number of hydrogen-bond acceptors (Lipinski definition) is 4. The Kier molecular flexibility index (Phi) is 3.75. The zero-order valence-electron chi connectivity index (χ0n) is 10.4. The molecule has 2 rings (SSSR count). The van der Waals surface area contributed by atoms with Gasteiger partial charge >= 0.3 is 5.97 Å². The number of phenolic OH excluding ortho intramolecular Hbond substituents is 1. The lowest BCUT2D eigenvalue weighted by Crippen LogP contribution is -2.08. The molecule has 0 saturated heterocycles. The molecule has 1 aromatic rings. The standard InChI is InChI=1S/C14H14N2O3/c1-9-2-7-13(12(8-9)14(18)19)16-15-10-3-5-11(17)6-4-10/h3-9,17H,2H2,1H3,(H,18,19). The highest BCUT2D eigenvalue weighted by molar-refractivity contribution is 5.91. The van der Waals surface area contributed by atoms with Gasteiger partial charge in [0.15, 0.2) is 0 Å². The van der Waals surface area contributed by atoms with Crippen molar-refractivity contribution in [1.82, 2.24) is 0 Å². The number of aromatic hydroxyl groups is 1. The summed E-state index contributed by atoms with van der Waals surface area (Å²) in [5.74, 6) is -0.656. The average molecular weight is 258 g/mol. The Bertz CT molecular complexity index is 571. The maximum Gasteiger partial charge on any atom is 0.337 e. The summed E-state index contributed by atoms with van der Waals surface area (Å²) in [7, 11) is 0. The first-order valence-corrected chi connectivity index (χ1v) is 5.92. The number of aliphatic carboxylic acids is 1. The van der Waals surface area contributed by atoms with Crippen molar-refractivity contribution in [2.45, 2.75) is 13.3 Å². The van der Waals surface area contributed by atoms with Gasteiger partial charge in [-0.3, -0.25) is 0 Å². The predicted molar refractivity (Wildman–Crippen MR) is 70.2 cm³/mol. The van der Waals surface area contributed by atoms with Gasteiger partial charge in [-0.05, 0) is 36.6 Å². The fraction of sp³-hybridized carbons (Fsp3) is 0.214. The molecule has 98 valence electrons. The minimum Gasteiger partial charge on any atom is -0.508 e.